The van der Waals surface area contributed by atoms with Gasteiger partial charge in [-0.05, 0) is 74.2 Å². The third-order valence-corrected chi connectivity index (χ3v) is 6.36. The molecule has 0 saturated carbocycles. The molecule has 0 atom stereocenters. The van der Waals surface area contributed by atoms with E-state index in [1.165, 1.54) is 35.3 Å². The normalized spacial score (nSPS) is 17.9. The number of rotatable bonds is 4. The van der Waals surface area contributed by atoms with Crippen molar-refractivity contribution in [3.63, 3.8) is 0 Å². The van der Waals surface area contributed by atoms with E-state index in [1.807, 2.05) is 6.20 Å². The monoisotopic (exact) mass is 355 g/mol. The average molecular weight is 356 g/mol. The van der Waals surface area contributed by atoms with Crippen LogP contribution < -0.4 is 10.6 Å². The first-order chi connectivity index (χ1) is 12.3. The van der Waals surface area contributed by atoms with Crippen molar-refractivity contribution >= 4 is 22.4 Å². The van der Waals surface area contributed by atoms with Crippen LogP contribution in [0.15, 0.2) is 24.4 Å². The highest BCUT2D eigenvalue weighted by molar-refractivity contribution is 7.15. The first-order valence-electron chi connectivity index (χ1n) is 9.35. The van der Waals surface area contributed by atoms with Crippen LogP contribution in [0.2, 0.25) is 0 Å². The van der Waals surface area contributed by atoms with Gasteiger partial charge in [-0.3, -0.25) is 4.79 Å². The molecule has 0 bridgehead atoms. The molecule has 0 unspecified atom stereocenters. The number of anilines is 1. The minimum atomic E-state index is 0.0296. The Morgan fingerprint density at radius 2 is 2.00 bits per heavy atom. The van der Waals surface area contributed by atoms with E-state index in [1.54, 1.807) is 11.3 Å². The minimum Gasteiger partial charge on any atom is -0.317 e. The predicted octanol–water partition coefficient (Wildman–Crippen LogP) is 3.67. The van der Waals surface area contributed by atoms with Crippen LogP contribution in [0.4, 0.5) is 5.13 Å². The second kappa shape index (κ2) is 7.67. The van der Waals surface area contributed by atoms with Crippen LogP contribution in [-0.4, -0.2) is 24.0 Å². The number of hydrogen-bond donors (Lipinski definition) is 2. The molecule has 5 heteroatoms. The number of nitrogens with one attached hydrogen (secondary N) is 2. The van der Waals surface area contributed by atoms with Gasteiger partial charge in [-0.25, -0.2) is 4.98 Å². The number of thiazole rings is 1. The highest BCUT2D eigenvalue weighted by Crippen LogP contribution is 2.31. The first-order valence-corrected chi connectivity index (χ1v) is 10.2. The zero-order valence-corrected chi connectivity index (χ0v) is 15.3. The van der Waals surface area contributed by atoms with E-state index in [0.717, 1.165) is 43.0 Å². The number of amides is 1. The molecule has 4 rings (SSSR count). The summed E-state index contributed by atoms with van der Waals surface area (Å²) in [5, 5.41) is 7.10. The fraction of sp³-hybridized carbons (Fsp3) is 0.500. The summed E-state index contributed by atoms with van der Waals surface area (Å²) in [6.45, 7) is 2.14. The quantitative estimate of drug-likeness (QED) is 0.880. The fourth-order valence-corrected chi connectivity index (χ4v) is 4.89. The van der Waals surface area contributed by atoms with E-state index in [4.69, 9.17) is 0 Å². The van der Waals surface area contributed by atoms with Crippen molar-refractivity contribution in [2.45, 2.75) is 50.9 Å². The largest absolute Gasteiger partial charge is 0.317 e. The van der Waals surface area contributed by atoms with Crippen molar-refractivity contribution in [1.29, 1.82) is 0 Å². The molecule has 1 aliphatic carbocycles. The van der Waals surface area contributed by atoms with E-state index in [2.05, 4.69) is 33.8 Å². The third-order valence-electron chi connectivity index (χ3n) is 5.29. The van der Waals surface area contributed by atoms with Crippen LogP contribution in [-0.2, 0) is 24.1 Å². The van der Waals surface area contributed by atoms with E-state index in [-0.39, 0.29) is 5.91 Å². The van der Waals surface area contributed by atoms with Gasteiger partial charge in [0.1, 0.15) is 0 Å². The van der Waals surface area contributed by atoms with Crippen molar-refractivity contribution in [3.8, 4) is 0 Å². The van der Waals surface area contributed by atoms with Crippen molar-refractivity contribution in [3.05, 3.63) is 46.0 Å². The molecule has 1 aromatic heterocycles. The molecule has 2 N–H and O–H groups in total. The predicted molar refractivity (Wildman–Crippen MR) is 102 cm³/mol. The van der Waals surface area contributed by atoms with Gasteiger partial charge in [-0.15, -0.1) is 11.3 Å². The summed E-state index contributed by atoms with van der Waals surface area (Å²) in [4.78, 5) is 18.1. The molecule has 0 spiro atoms. The van der Waals surface area contributed by atoms with Crippen LogP contribution in [0.25, 0.3) is 0 Å². The number of carbonyl (C=O) groups is 1. The fourth-order valence-electron chi connectivity index (χ4n) is 3.89. The molecule has 0 radical (unpaired) electrons. The molecule has 1 amide bonds. The Labute approximate surface area is 153 Å². The van der Waals surface area contributed by atoms with Gasteiger partial charge in [-0.2, -0.15) is 0 Å². The van der Waals surface area contributed by atoms with Crippen molar-refractivity contribution in [2.75, 3.05) is 18.4 Å². The van der Waals surface area contributed by atoms with Crippen LogP contribution in [0.3, 0.4) is 0 Å². The van der Waals surface area contributed by atoms with Gasteiger partial charge in [0.2, 0.25) is 5.91 Å². The molecule has 25 heavy (non-hydrogen) atoms. The second-order valence-corrected chi connectivity index (χ2v) is 8.19. The average Bonchev–Trinajstić information content (AvgIpc) is 3.10. The van der Waals surface area contributed by atoms with Gasteiger partial charge in [-0.1, -0.05) is 18.2 Å². The smallest absolute Gasteiger partial charge is 0.230 e. The SMILES string of the molecule is O=C(Cc1ccc2c(c1)CCCC2)Nc1ncc(C2CCNCC2)s1. The summed E-state index contributed by atoms with van der Waals surface area (Å²) >= 11 is 1.63. The summed E-state index contributed by atoms with van der Waals surface area (Å²) in [7, 11) is 0. The molecule has 2 heterocycles. The van der Waals surface area contributed by atoms with E-state index in [9.17, 15) is 4.79 Å². The lowest BCUT2D eigenvalue weighted by molar-refractivity contribution is -0.115. The molecule has 2 aliphatic rings. The number of hydrogen-bond acceptors (Lipinski definition) is 4. The molecule has 1 saturated heterocycles. The van der Waals surface area contributed by atoms with Gasteiger partial charge in [0.15, 0.2) is 5.13 Å². The highest BCUT2D eigenvalue weighted by Gasteiger charge is 2.18. The Hall–Kier alpha value is -1.72. The summed E-state index contributed by atoms with van der Waals surface area (Å²) in [6, 6.07) is 6.53. The van der Waals surface area contributed by atoms with E-state index < -0.39 is 0 Å². The number of fused-ring (bicyclic) bond motifs is 1. The maximum atomic E-state index is 12.4. The van der Waals surface area contributed by atoms with Crippen molar-refractivity contribution < 1.29 is 4.79 Å². The minimum absolute atomic E-state index is 0.0296. The van der Waals surface area contributed by atoms with Gasteiger partial charge in [0.25, 0.3) is 0 Å². The maximum absolute atomic E-state index is 12.4. The van der Waals surface area contributed by atoms with Crippen molar-refractivity contribution in [1.82, 2.24) is 10.3 Å². The Morgan fingerprint density at radius 1 is 1.20 bits per heavy atom. The lowest BCUT2D eigenvalue weighted by atomic mass is 9.90. The maximum Gasteiger partial charge on any atom is 0.230 e. The van der Waals surface area contributed by atoms with E-state index in [0.29, 0.717) is 12.3 Å². The van der Waals surface area contributed by atoms with Gasteiger partial charge in [0.05, 0.1) is 6.42 Å². The Morgan fingerprint density at radius 3 is 2.84 bits per heavy atom. The number of aromatic nitrogens is 1. The molecule has 4 nitrogen and oxygen atoms in total. The van der Waals surface area contributed by atoms with Crippen LogP contribution in [0.1, 0.15) is 53.2 Å². The lowest BCUT2D eigenvalue weighted by Gasteiger charge is -2.20. The first kappa shape index (κ1) is 16.7. The Kier molecular flexibility index (Phi) is 5.13. The summed E-state index contributed by atoms with van der Waals surface area (Å²) < 4.78 is 0. The summed E-state index contributed by atoms with van der Waals surface area (Å²) in [6.07, 6.45) is 9.56. The second-order valence-electron chi connectivity index (χ2n) is 7.13. The molecular formula is C20H25N3OS. The topological polar surface area (TPSA) is 54.0 Å². The van der Waals surface area contributed by atoms with Crippen LogP contribution in [0, 0.1) is 0 Å². The number of piperidine rings is 1. The zero-order chi connectivity index (χ0) is 17.1. The van der Waals surface area contributed by atoms with Crippen molar-refractivity contribution in [2.24, 2.45) is 0 Å². The molecular weight excluding hydrogens is 330 g/mol. The summed E-state index contributed by atoms with van der Waals surface area (Å²) in [5.41, 5.74) is 3.99. The van der Waals surface area contributed by atoms with Gasteiger partial charge < -0.3 is 10.6 Å². The van der Waals surface area contributed by atoms with Gasteiger partial charge in [0, 0.05) is 11.1 Å². The molecule has 132 valence electrons. The zero-order valence-electron chi connectivity index (χ0n) is 14.5. The van der Waals surface area contributed by atoms with Crippen LogP contribution >= 0.6 is 11.3 Å². The van der Waals surface area contributed by atoms with Crippen LogP contribution in [0.5, 0.6) is 0 Å². The number of benzene rings is 1. The van der Waals surface area contributed by atoms with E-state index >= 15 is 0 Å². The number of nitrogens with zero attached hydrogens (tertiary/aromatic N) is 1. The van der Waals surface area contributed by atoms with Gasteiger partial charge >= 0.3 is 0 Å². The Balaban J connectivity index is 1.36. The molecule has 1 fully saturated rings. The molecule has 2 aromatic rings. The summed E-state index contributed by atoms with van der Waals surface area (Å²) in [5.74, 6) is 0.618. The lowest BCUT2D eigenvalue weighted by Crippen LogP contribution is -2.26. The molecule has 1 aliphatic heterocycles. The number of aryl methyl sites for hydroxylation is 2. The Bertz CT molecular complexity index is 749. The molecule has 1 aromatic carbocycles. The standard InChI is InChI=1S/C20H25N3OS/c24-19(12-14-5-6-15-3-1-2-4-17(15)11-14)23-20-22-13-18(25-20)16-7-9-21-10-8-16/h5-6,11,13,16,21H,1-4,7-10,12H2,(H,22,23,24). The number of carbonyl (C=O) groups excluding carboxylic acids is 1. The highest BCUT2D eigenvalue weighted by atomic mass is 32.1. The third kappa shape index (κ3) is 4.10.